The molecule has 0 aromatic carbocycles. The molecule has 2 atom stereocenters. The Morgan fingerprint density at radius 3 is 2.71 bits per heavy atom. The molecule has 7 nitrogen and oxygen atoms in total. The van der Waals surface area contributed by atoms with Crippen molar-refractivity contribution in [1.29, 1.82) is 0 Å². The van der Waals surface area contributed by atoms with Crippen molar-refractivity contribution in [3.05, 3.63) is 17.0 Å². The lowest BCUT2D eigenvalue weighted by Crippen LogP contribution is -2.41. The fraction of sp³-hybridized carbons (Fsp3) is 0.643. The number of β-amino-alcohol motifs (C(OH)–C–C–N with tert-alkyl or cyclic N) is 1. The van der Waals surface area contributed by atoms with Gasteiger partial charge < -0.3 is 19.3 Å². The highest BCUT2D eigenvalue weighted by Crippen LogP contribution is 2.27. The first kappa shape index (κ1) is 15.5. The third kappa shape index (κ3) is 2.78. The van der Waals surface area contributed by atoms with Crippen LogP contribution in [0.4, 0.5) is 0 Å². The van der Waals surface area contributed by atoms with Gasteiger partial charge in [-0.25, -0.2) is 4.79 Å². The summed E-state index contributed by atoms with van der Waals surface area (Å²) < 4.78 is 9.92. The summed E-state index contributed by atoms with van der Waals surface area (Å²) in [6.45, 7) is 5.57. The van der Waals surface area contributed by atoms with Crippen LogP contribution in [0.15, 0.2) is 4.52 Å². The van der Waals surface area contributed by atoms with Gasteiger partial charge in [0.15, 0.2) is 5.76 Å². The number of aliphatic hydroxyl groups is 1. The minimum absolute atomic E-state index is 0.00532. The number of carbonyl (C=O) groups is 2. The van der Waals surface area contributed by atoms with E-state index in [9.17, 15) is 14.7 Å². The molecular weight excluding hydrogens is 276 g/mol. The first-order valence-corrected chi connectivity index (χ1v) is 6.89. The number of ether oxygens (including phenoxy) is 1. The van der Waals surface area contributed by atoms with Crippen LogP contribution in [0.5, 0.6) is 0 Å². The molecule has 1 amide bonds. The number of aliphatic hydroxyl groups excluding tert-OH is 1. The van der Waals surface area contributed by atoms with E-state index in [1.54, 1.807) is 6.92 Å². The molecule has 1 N–H and O–H groups in total. The summed E-state index contributed by atoms with van der Waals surface area (Å²) in [6.07, 6.45) is -0.555. The van der Waals surface area contributed by atoms with Gasteiger partial charge in [-0.2, -0.15) is 0 Å². The van der Waals surface area contributed by atoms with Crippen molar-refractivity contribution in [3.8, 4) is 0 Å². The Kier molecular flexibility index (Phi) is 4.32. The van der Waals surface area contributed by atoms with Gasteiger partial charge in [0.2, 0.25) is 0 Å². The molecule has 116 valence electrons. The third-order valence-corrected chi connectivity index (χ3v) is 3.64. The van der Waals surface area contributed by atoms with Crippen LogP contribution in [0.25, 0.3) is 0 Å². The fourth-order valence-corrected chi connectivity index (χ4v) is 2.58. The number of carbonyl (C=O) groups excluding carboxylic acids is 2. The average molecular weight is 296 g/mol. The zero-order valence-corrected chi connectivity index (χ0v) is 12.6. The van der Waals surface area contributed by atoms with Crippen molar-refractivity contribution in [2.75, 3.05) is 13.7 Å². The van der Waals surface area contributed by atoms with E-state index in [2.05, 4.69) is 5.16 Å². The van der Waals surface area contributed by atoms with Crippen LogP contribution in [0.2, 0.25) is 0 Å². The van der Waals surface area contributed by atoms with E-state index >= 15 is 0 Å². The standard InChI is InChI=1S/C14H20N2O5/c1-7(2)12-11(8(3)15-21-12)13(18)16-6-9(17)5-10(16)14(19)20-4/h7,9-10,17H,5-6H2,1-4H3. The predicted molar refractivity (Wildman–Crippen MR) is 72.8 cm³/mol. The lowest BCUT2D eigenvalue weighted by molar-refractivity contribution is -0.145. The Morgan fingerprint density at radius 1 is 1.48 bits per heavy atom. The Balaban J connectivity index is 2.35. The minimum atomic E-state index is -0.771. The fourth-order valence-electron chi connectivity index (χ4n) is 2.58. The number of nitrogens with zero attached hydrogens (tertiary/aromatic N) is 2. The second kappa shape index (κ2) is 5.85. The Labute approximate surface area is 122 Å². The van der Waals surface area contributed by atoms with Gasteiger partial charge in [0, 0.05) is 18.9 Å². The highest BCUT2D eigenvalue weighted by atomic mass is 16.5. The molecule has 1 aliphatic rings. The molecule has 0 bridgehead atoms. The number of hydrogen-bond acceptors (Lipinski definition) is 6. The summed E-state index contributed by atoms with van der Waals surface area (Å²) >= 11 is 0. The number of hydrogen-bond donors (Lipinski definition) is 1. The van der Waals surface area contributed by atoms with Gasteiger partial charge in [-0.3, -0.25) is 4.79 Å². The minimum Gasteiger partial charge on any atom is -0.467 e. The van der Waals surface area contributed by atoms with Crippen LogP contribution >= 0.6 is 0 Å². The Morgan fingerprint density at radius 2 is 2.14 bits per heavy atom. The van der Waals surface area contributed by atoms with Crippen LogP contribution in [-0.4, -0.2) is 52.8 Å². The van der Waals surface area contributed by atoms with Crippen molar-refractivity contribution in [1.82, 2.24) is 10.1 Å². The molecule has 1 saturated heterocycles. The predicted octanol–water partition coefficient (Wildman–Crippen LogP) is 0.855. The summed E-state index contributed by atoms with van der Waals surface area (Å²) in [6, 6.07) is -0.771. The topological polar surface area (TPSA) is 92.9 Å². The summed E-state index contributed by atoms with van der Waals surface area (Å²) in [5, 5.41) is 13.6. The molecule has 1 fully saturated rings. The van der Waals surface area contributed by atoms with E-state index in [0.29, 0.717) is 17.0 Å². The van der Waals surface area contributed by atoms with Crippen molar-refractivity contribution < 1.29 is 24.0 Å². The van der Waals surface area contributed by atoms with Crippen molar-refractivity contribution >= 4 is 11.9 Å². The molecule has 7 heteroatoms. The third-order valence-electron chi connectivity index (χ3n) is 3.64. The molecule has 0 spiro atoms. The van der Waals surface area contributed by atoms with Crippen LogP contribution in [0.3, 0.4) is 0 Å². The SMILES string of the molecule is COC(=O)C1CC(O)CN1C(=O)c1c(C)noc1C(C)C. The number of aryl methyl sites for hydroxylation is 1. The van der Waals surface area contributed by atoms with E-state index in [0.717, 1.165) is 0 Å². The maximum absolute atomic E-state index is 12.7. The highest BCUT2D eigenvalue weighted by molar-refractivity contribution is 5.99. The van der Waals surface area contributed by atoms with Gasteiger partial charge in [-0.05, 0) is 6.92 Å². The number of esters is 1. The first-order valence-electron chi connectivity index (χ1n) is 6.89. The number of aromatic nitrogens is 1. The van der Waals surface area contributed by atoms with Crippen LogP contribution in [-0.2, 0) is 9.53 Å². The second-order valence-corrected chi connectivity index (χ2v) is 5.55. The molecule has 2 unspecified atom stereocenters. The zero-order chi connectivity index (χ0) is 15.7. The summed E-state index contributed by atoms with van der Waals surface area (Å²) in [7, 11) is 1.26. The lowest BCUT2D eigenvalue weighted by Gasteiger charge is -2.22. The summed E-state index contributed by atoms with van der Waals surface area (Å²) in [4.78, 5) is 25.9. The van der Waals surface area contributed by atoms with Gasteiger partial charge in [-0.15, -0.1) is 0 Å². The number of rotatable bonds is 3. The quantitative estimate of drug-likeness (QED) is 0.831. The van der Waals surface area contributed by atoms with Gasteiger partial charge >= 0.3 is 5.97 Å². The van der Waals surface area contributed by atoms with Crippen LogP contribution in [0, 0.1) is 6.92 Å². The smallest absolute Gasteiger partial charge is 0.328 e. The molecule has 0 saturated carbocycles. The first-order chi connectivity index (χ1) is 9.86. The Hall–Kier alpha value is -1.89. The van der Waals surface area contributed by atoms with Gasteiger partial charge in [-0.1, -0.05) is 19.0 Å². The van der Waals surface area contributed by atoms with Crippen LogP contribution in [0.1, 0.15) is 48.0 Å². The number of likely N-dealkylation sites (tertiary alicyclic amines) is 1. The molecule has 2 heterocycles. The van der Waals surface area contributed by atoms with Crippen LogP contribution < -0.4 is 0 Å². The average Bonchev–Trinajstić information content (AvgIpc) is 3.00. The van der Waals surface area contributed by atoms with E-state index < -0.39 is 18.1 Å². The van der Waals surface area contributed by atoms with Gasteiger partial charge in [0.25, 0.3) is 5.91 Å². The number of methoxy groups -OCH3 is 1. The maximum atomic E-state index is 12.7. The molecule has 1 aromatic heterocycles. The highest BCUT2D eigenvalue weighted by Gasteiger charge is 2.41. The van der Waals surface area contributed by atoms with E-state index in [-0.39, 0.29) is 24.8 Å². The monoisotopic (exact) mass is 296 g/mol. The van der Waals surface area contributed by atoms with E-state index in [4.69, 9.17) is 9.26 Å². The van der Waals surface area contributed by atoms with Crippen molar-refractivity contribution in [2.24, 2.45) is 0 Å². The van der Waals surface area contributed by atoms with E-state index in [1.807, 2.05) is 13.8 Å². The normalized spacial score (nSPS) is 21.9. The van der Waals surface area contributed by atoms with E-state index in [1.165, 1.54) is 12.0 Å². The largest absolute Gasteiger partial charge is 0.467 e. The molecule has 1 aliphatic heterocycles. The molecular formula is C14H20N2O5. The summed E-state index contributed by atoms with van der Waals surface area (Å²) in [5.41, 5.74) is 0.849. The maximum Gasteiger partial charge on any atom is 0.328 e. The molecule has 2 rings (SSSR count). The lowest BCUT2D eigenvalue weighted by atomic mass is 10.0. The molecule has 0 radical (unpaired) electrons. The zero-order valence-electron chi connectivity index (χ0n) is 12.6. The number of amides is 1. The summed E-state index contributed by atoms with van der Waals surface area (Å²) in [5.74, 6) is -0.402. The van der Waals surface area contributed by atoms with Crippen molar-refractivity contribution in [2.45, 2.75) is 45.3 Å². The van der Waals surface area contributed by atoms with Gasteiger partial charge in [0.05, 0.1) is 18.9 Å². The van der Waals surface area contributed by atoms with Crippen molar-refractivity contribution in [3.63, 3.8) is 0 Å². The molecule has 21 heavy (non-hydrogen) atoms. The molecule has 0 aliphatic carbocycles. The Bertz CT molecular complexity index is 552. The van der Waals surface area contributed by atoms with Gasteiger partial charge in [0.1, 0.15) is 11.6 Å². The molecule has 1 aromatic rings. The second-order valence-electron chi connectivity index (χ2n) is 5.55.